The van der Waals surface area contributed by atoms with E-state index < -0.39 is 17.3 Å². The number of benzene rings is 2. The third-order valence-corrected chi connectivity index (χ3v) is 8.28. The first-order chi connectivity index (χ1) is 17.5. The third kappa shape index (κ3) is 3.05. The van der Waals surface area contributed by atoms with Gasteiger partial charge in [-0.15, -0.1) is 0 Å². The van der Waals surface area contributed by atoms with Crippen LogP contribution < -0.4 is 9.47 Å². The molecule has 2 aromatic carbocycles. The standard InChI is InChI=1S/C29H29N3O4/c1-35-23-16-31-17-24-26(23)28(34)27(33)22(18-32-13-5-6-14-32)25(20-7-3-2-4-8-20)29(28,36-24)21-11-9-19(15-30)10-12-21/h2-4,7-12,16-17,22,25,27,33-34H,5-6,13-14,18H2,1H3/t22?,25?,27-,28+,29?/m1/s1. The highest BCUT2D eigenvalue weighted by Crippen LogP contribution is 2.69. The maximum Gasteiger partial charge on any atom is 0.177 e. The Bertz CT molecular complexity index is 1300. The van der Waals surface area contributed by atoms with Crippen LogP contribution in [0.4, 0.5) is 0 Å². The molecule has 1 aliphatic carbocycles. The summed E-state index contributed by atoms with van der Waals surface area (Å²) in [6.45, 7) is 2.57. The summed E-state index contributed by atoms with van der Waals surface area (Å²) in [5.74, 6) is 0.0560. The van der Waals surface area contributed by atoms with E-state index in [0.717, 1.165) is 31.5 Å². The molecule has 3 unspecified atom stereocenters. The highest BCUT2D eigenvalue weighted by molar-refractivity contribution is 5.59. The van der Waals surface area contributed by atoms with Crippen molar-refractivity contribution in [2.45, 2.75) is 36.1 Å². The third-order valence-electron chi connectivity index (χ3n) is 8.28. The van der Waals surface area contributed by atoms with E-state index in [2.05, 4.69) is 16.0 Å². The predicted molar refractivity (Wildman–Crippen MR) is 133 cm³/mol. The number of hydrogen-bond donors (Lipinski definition) is 2. The van der Waals surface area contributed by atoms with Gasteiger partial charge in [-0.1, -0.05) is 42.5 Å². The molecule has 36 heavy (non-hydrogen) atoms. The monoisotopic (exact) mass is 483 g/mol. The molecule has 6 rings (SSSR count). The molecular formula is C29H29N3O4. The molecule has 1 aromatic heterocycles. The first-order valence-electron chi connectivity index (χ1n) is 12.4. The maximum atomic E-state index is 12.8. The minimum Gasteiger partial charge on any atom is -0.495 e. The average Bonchev–Trinajstić information content (AvgIpc) is 3.58. The van der Waals surface area contributed by atoms with Crippen LogP contribution in [0.25, 0.3) is 0 Å². The van der Waals surface area contributed by atoms with Crippen molar-refractivity contribution in [3.63, 3.8) is 0 Å². The highest BCUT2D eigenvalue weighted by Gasteiger charge is 2.76. The molecule has 0 amide bonds. The summed E-state index contributed by atoms with van der Waals surface area (Å²) >= 11 is 0. The molecule has 2 fully saturated rings. The van der Waals surface area contributed by atoms with Crippen molar-refractivity contribution in [2.75, 3.05) is 26.7 Å². The fraction of sp³-hybridized carbons (Fsp3) is 0.379. The lowest BCUT2D eigenvalue weighted by Crippen LogP contribution is -2.52. The first-order valence-corrected chi connectivity index (χ1v) is 12.4. The number of nitrogens with zero attached hydrogens (tertiary/aromatic N) is 3. The zero-order valence-corrected chi connectivity index (χ0v) is 20.2. The largest absolute Gasteiger partial charge is 0.495 e. The minimum absolute atomic E-state index is 0.322. The van der Waals surface area contributed by atoms with Gasteiger partial charge in [0.2, 0.25) is 0 Å². The molecule has 2 aliphatic heterocycles. The second-order valence-corrected chi connectivity index (χ2v) is 10.0. The van der Waals surface area contributed by atoms with Gasteiger partial charge in [-0.3, -0.25) is 4.98 Å². The van der Waals surface area contributed by atoms with Crippen LogP contribution in [0.3, 0.4) is 0 Å². The Hall–Kier alpha value is -3.44. The van der Waals surface area contributed by atoms with E-state index in [1.54, 1.807) is 24.5 Å². The number of aliphatic hydroxyl groups is 2. The number of rotatable bonds is 5. The van der Waals surface area contributed by atoms with E-state index >= 15 is 0 Å². The van der Waals surface area contributed by atoms with Crippen LogP contribution in [-0.2, 0) is 11.2 Å². The lowest BCUT2D eigenvalue weighted by Gasteiger charge is -2.41. The van der Waals surface area contributed by atoms with Crippen LogP contribution in [0, 0.1) is 17.2 Å². The molecule has 3 heterocycles. The maximum absolute atomic E-state index is 12.8. The van der Waals surface area contributed by atoms with Crippen molar-refractivity contribution in [3.8, 4) is 17.6 Å². The van der Waals surface area contributed by atoms with Gasteiger partial charge in [-0.05, 0) is 49.2 Å². The molecule has 1 saturated heterocycles. The van der Waals surface area contributed by atoms with Crippen LogP contribution in [0.5, 0.6) is 11.5 Å². The van der Waals surface area contributed by atoms with Gasteiger partial charge < -0.3 is 24.6 Å². The van der Waals surface area contributed by atoms with Gasteiger partial charge in [-0.25, -0.2) is 0 Å². The number of ether oxygens (including phenoxy) is 2. The Labute approximate surface area is 210 Å². The Morgan fingerprint density at radius 1 is 1.11 bits per heavy atom. The van der Waals surface area contributed by atoms with Crippen molar-refractivity contribution >= 4 is 0 Å². The van der Waals surface area contributed by atoms with Crippen molar-refractivity contribution in [1.82, 2.24) is 9.88 Å². The number of aliphatic hydroxyl groups excluding tert-OH is 1. The molecule has 5 atom stereocenters. The van der Waals surface area contributed by atoms with Gasteiger partial charge in [0.15, 0.2) is 11.2 Å². The predicted octanol–water partition coefficient (Wildman–Crippen LogP) is 3.31. The normalized spacial score (nSPS) is 30.9. The lowest BCUT2D eigenvalue weighted by molar-refractivity contribution is -0.152. The molecule has 7 nitrogen and oxygen atoms in total. The quantitative estimate of drug-likeness (QED) is 0.575. The summed E-state index contributed by atoms with van der Waals surface area (Å²) in [6, 6.07) is 19.3. The second-order valence-electron chi connectivity index (χ2n) is 10.0. The minimum atomic E-state index is -1.81. The summed E-state index contributed by atoms with van der Waals surface area (Å²) in [4.78, 5) is 6.64. The summed E-state index contributed by atoms with van der Waals surface area (Å²) < 4.78 is 12.4. The molecule has 0 bridgehead atoms. The van der Waals surface area contributed by atoms with Crippen LogP contribution >= 0.6 is 0 Å². The summed E-state index contributed by atoms with van der Waals surface area (Å²) in [5.41, 5.74) is -0.570. The van der Waals surface area contributed by atoms with Crippen molar-refractivity contribution in [3.05, 3.63) is 89.2 Å². The molecule has 0 spiro atoms. The number of aromatic nitrogens is 1. The fourth-order valence-electron chi connectivity index (χ4n) is 6.79. The van der Waals surface area contributed by atoms with Gasteiger partial charge in [0.25, 0.3) is 0 Å². The van der Waals surface area contributed by atoms with E-state index in [1.807, 2.05) is 42.5 Å². The van der Waals surface area contributed by atoms with Crippen LogP contribution in [0.15, 0.2) is 67.0 Å². The lowest BCUT2D eigenvalue weighted by atomic mass is 9.70. The second kappa shape index (κ2) is 8.59. The van der Waals surface area contributed by atoms with E-state index in [9.17, 15) is 15.5 Å². The van der Waals surface area contributed by atoms with E-state index in [-0.39, 0.29) is 11.8 Å². The smallest absolute Gasteiger partial charge is 0.177 e. The van der Waals surface area contributed by atoms with Gasteiger partial charge in [0.05, 0.1) is 42.8 Å². The van der Waals surface area contributed by atoms with Crippen LogP contribution in [0.1, 0.15) is 41.0 Å². The number of pyridine rings is 1. The summed E-state index contributed by atoms with van der Waals surface area (Å²) in [6.07, 6.45) is 4.24. The molecule has 3 aliphatic rings. The molecule has 1 saturated carbocycles. The Morgan fingerprint density at radius 2 is 1.83 bits per heavy atom. The van der Waals surface area contributed by atoms with Crippen molar-refractivity contribution in [1.29, 1.82) is 5.26 Å². The molecule has 184 valence electrons. The number of fused-ring (bicyclic) bond motifs is 3. The van der Waals surface area contributed by atoms with E-state index in [4.69, 9.17) is 9.47 Å². The van der Waals surface area contributed by atoms with Gasteiger partial charge in [0, 0.05) is 18.4 Å². The number of likely N-dealkylation sites (tertiary alicyclic amines) is 1. The molecule has 7 heteroatoms. The zero-order chi connectivity index (χ0) is 24.9. The fourth-order valence-corrected chi connectivity index (χ4v) is 6.79. The Kier molecular flexibility index (Phi) is 5.49. The van der Waals surface area contributed by atoms with E-state index in [0.29, 0.717) is 34.7 Å². The van der Waals surface area contributed by atoms with Gasteiger partial charge in [-0.2, -0.15) is 5.26 Å². The topological polar surface area (TPSA) is 98.8 Å². The summed E-state index contributed by atoms with van der Waals surface area (Å²) in [5, 5.41) is 34.3. The SMILES string of the molecule is COc1cncc2c1[C@]1(O)[C@H](O)C(CN3CCCC3)C(c3ccccc3)C1(c1ccc(C#N)cc1)O2. The van der Waals surface area contributed by atoms with Crippen LogP contribution in [0.2, 0.25) is 0 Å². The highest BCUT2D eigenvalue weighted by atomic mass is 16.5. The average molecular weight is 484 g/mol. The molecule has 3 aromatic rings. The molecular weight excluding hydrogens is 454 g/mol. The first kappa shape index (κ1) is 23.0. The zero-order valence-electron chi connectivity index (χ0n) is 20.2. The Morgan fingerprint density at radius 3 is 2.50 bits per heavy atom. The number of methoxy groups -OCH3 is 1. The Balaban J connectivity index is 1.63. The van der Waals surface area contributed by atoms with Crippen molar-refractivity contribution < 1.29 is 19.7 Å². The van der Waals surface area contributed by atoms with Gasteiger partial charge in [0.1, 0.15) is 11.5 Å². The summed E-state index contributed by atoms with van der Waals surface area (Å²) in [7, 11) is 1.53. The number of nitriles is 1. The number of hydrogen-bond acceptors (Lipinski definition) is 7. The van der Waals surface area contributed by atoms with Gasteiger partial charge >= 0.3 is 0 Å². The van der Waals surface area contributed by atoms with Crippen molar-refractivity contribution in [2.24, 2.45) is 5.92 Å². The van der Waals surface area contributed by atoms with E-state index in [1.165, 1.54) is 7.11 Å². The van der Waals surface area contributed by atoms with Crippen LogP contribution in [-0.4, -0.2) is 52.9 Å². The molecule has 0 radical (unpaired) electrons. The molecule has 2 N–H and O–H groups in total.